The molecule has 3 rings (SSSR count). The number of nitrogens with zero attached hydrogens (tertiary/aromatic N) is 3. The van der Waals surface area contributed by atoms with Crippen LogP contribution >= 0.6 is 24.0 Å². The molecule has 29 heavy (non-hydrogen) atoms. The van der Waals surface area contributed by atoms with Crippen LogP contribution in [-0.4, -0.2) is 35.9 Å². The number of nitrogens with one attached hydrogen (secondary N) is 2. The summed E-state index contributed by atoms with van der Waals surface area (Å²) in [6.07, 6.45) is 2.82. The predicted octanol–water partition coefficient (Wildman–Crippen LogP) is 3.80. The molecule has 2 aromatic carbocycles. The topological polar surface area (TPSA) is 63.5 Å². The third kappa shape index (κ3) is 6.77. The number of aliphatic imine (C=N–C) groups is 1. The molecule has 0 unspecified atom stereocenters. The molecule has 0 saturated carbocycles. The summed E-state index contributed by atoms with van der Waals surface area (Å²) in [6, 6.07) is 20.1. The standard InChI is InChI=1S/C22H27N5O.HI/c1-3-23-22(24-15-13-18-9-7-8-12-21(18)28-2)25-17-19-14-16-27(26-19)20-10-5-4-6-11-20;/h4-12,14,16H,3,13,15,17H2,1-2H3,(H2,23,24,25);1H. The Morgan fingerprint density at radius 3 is 2.55 bits per heavy atom. The molecule has 0 fully saturated rings. The van der Waals surface area contributed by atoms with Crippen LogP contribution in [0.15, 0.2) is 71.9 Å². The molecule has 0 saturated heterocycles. The molecule has 6 nitrogen and oxygen atoms in total. The smallest absolute Gasteiger partial charge is 0.191 e. The van der Waals surface area contributed by atoms with E-state index in [0.29, 0.717) is 6.54 Å². The number of ether oxygens (including phenoxy) is 1. The Hall–Kier alpha value is -2.55. The van der Waals surface area contributed by atoms with Crippen LogP contribution in [0.1, 0.15) is 18.2 Å². The number of halogens is 1. The molecule has 1 heterocycles. The van der Waals surface area contributed by atoms with E-state index in [4.69, 9.17) is 4.74 Å². The van der Waals surface area contributed by atoms with Crippen molar-refractivity contribution in [2.24, 2.45) is 4.99 Å². The summed E-state index contributed by atoms with van der Waals surface area (Å²) in [7, 11) is 1.70. The van der Waals surface area contributed by atoms with Crippen LogP contribution < -0.4 is 15.4 Å². The minimum atomic E-state index is 0. The van der Waals surface area contributed by atoms with Gasteiger partial charge in [0.05, 0.1) is 25.0 Å². The van der Waals surface area contributed by atoms with Crippen molar-refractivity contribution in [3.63, 3.8) is 0 Å². The molecule has 0 aliphatic rings. The van der Waals surface area contributed by atoms with Crippen LogP contribution in [-0.2, 0) is 13.0 Å². The SMILES string of the molecule is CCNC(=NCc1ccn(-c2ccccc2)n1)NCCc1ccccc1OC.I. The van der Waals surface area contributed by atoms with Gasteiger partial charge in [-0.25, -0.2) is 9.67 Å². The van der Waals surface area contributed by atoms with Crippen LogP contribution in [0, 0.1) is 0 Å². The highest BCUT2D eigenvalue weighted by atomic mass is 127. The van der Waals surface area contributed by atoms with Crippen molar-refractivity contribution in [3.8, 4) is 11.4 Å². The lowest BCUT2D eigenvalue weighted by molar-refractivity contribution is 0.409. The van der Waals surface area contributed by atoms with Crippen LogP contribution in [0.2, 0.25) is 0 Å². The summed E-state index contributed by atoms with van der Waals surface area (Å²) in [5, 5.41) is 11.3. The molecule has 0 spiro atoms. The lowest BCUT2D eigenvalue weighted by Gasteiger charge is -2.12. The first kappa shape index (κ1) is 22.7. The highest BCUT2D eigenvalue weighted by Gasteiger charge is 2.04. The maximum Gasteiger partial charge on any atom is 0.191 e. The third-order valence-electron chi connectivity index (χ3n) is 4.29. The van der Waals surface area contributed by atoms with Crippen LogP contribution in [0.3, 0.4) is 0 Å². The van der Waals surface area contributed by atoms with E-state index in [1.165, 1.54) is 5.56 Å². The van der Waals surface area contributed by atoms with Gasteiger partial charge in [0.25, 0.3) is 0 Å². The molecule has 154 valence electrons. The normalized spacial score (nSPS) is 10.9. The Balaban J connectivity index is 0.00000300. The number of methoxy groups -OCH3 is 1. The Morgan fingerprint density at radius 1 is 1.03 bits per heavy atom. The van der Waals surface area contributed by atoms with E-state index in [0.717, 1.165) is 42.6 Å². The average molecular weight is 505 g/mol. The van der Waals surface area contributed by atoms with Gasteiger partial charge in [0.1, 0.15) is 5.75 Å². The summed E-state index contributed by atoms with van der Waals surface area (Å²) in [5.41, 5.74) is 3.14. The second-order valence-corrected chi connectivity index (χ2v) is 6.27. The van der Waals surface area contributed by atoms with Crippen molar-refractivity contribution in [1.82, 2.24) is 20.4 Å². The number of aromatic nitrogens is 2. The van der Waals surface area contributed by atoms with E-state index in [-0.39, 0.29) is 24.0 Å². The summed E-state index contributed by atoms with van der Waals surface area (Å²) in [4.78, 5) is 4.65. The summed E-state index contributed by atoms with van der Waals surface area (Å²) in [5.74, 6) is 1.70. The molecule has 0 aliphatic carbocycles. The van der Waals surface area contributed by atoms with Crippen LogP contribution in [0.4, 0.5) is 0 Å². The van der Waals surface area contributed by atoms with Crippen molar-refractivity contribution in [1.29, 1.82) is 0 Å². The first-order valence-electron chi connectivity index (χ1n) is 9.54. The molecule has 0 bridgehead atoms. The quantitative estimate of drug-likeness (QED) is 0.278. The van der Waals surface area contributed by atoms with Gasteiger partial charge in [0.2, 0.25) is 0 Å². The van der Waals surface area contributed by atoms with E-state index in [2.05, 4.69) is 33.7 Å². The molecule has 0 radical (unpaired) electrons. The van der Waals surface area contributed by atoms with Gasteiger partial charge in [0.15, 0.2) is 5.96 Å². The molecule has 7 heteroatoms. The number of hydrogen-bond donors (Lipinski definition) is 2. The fourth-order valence-electron chi connectivity index (χ4n) is 2.90. The van der Waals surface area contributed by atoms with E-state index < -0.39 is 0 Å². The van der Waals surface area contributed by atoms with E-state index in [9.17, 15) is 0 Å². The summed E-state index contributed by atoms with van der Waals surface area (Å²) < 4.78 is 7.28. The third-order valence-corrected chi connectivity index (χ3v) is 4.29. The molecule has 2 N–H and O–H groups in total. The average Bonchev–Trinajstić information content (AvgIpc) is 3.22. The van der Waals surface area contributed by atoms with Gasteiger partial charge >= 0.3 is 0 Å². The van der Waals surface area contributed by atoms with Crippen LogP contribution in [0.25, 0.3) is 5.69 Å². The van der Waals surface area contributed by atoms with Crippen molar-refractivity contribution in [2.75, 3.05) is 20.2 Å². The number of rotatable bonds is 8. The second-order valence-electron chi connectivity index (χ2n) is 6.27. The number of guanidine groups is 1. The van der Waals surface area contributed by atoms with Crippen LogP contribution in [0.5, 0.6) is 5.75 Å². The highest BCUT2D eigenvalue weighted by molar-refractivity contribution is 14.0. The second kappa shape index (κ2) is 12.1. The van der Waals surface area contributed by atoms with Gasteiger partial charge in [-0.1, -0.05) is 36.4 Å². The van der Waals surface area contributed by atoms with Crippen molar-refractivity contribution in [3.05, 3.63) is 78.1 Å². The first-order valence-corrected chi connectivity index (χ1v) is 9.54. The zero-order chi connectivity index (χ0) is 19.6. The molecule has 0 atom stereocenters. The van der Waals surface area contributed by atoms with E-state index in [1.807, 2.05) is 65.5 Å². The van der Waals surface area contributed by atoms with Gasteiger partial charge in [0, 0.05) is 19.3 Å². The largest absolute Gasteiger partial charge is 0.496 e. The maximum atomic E-state index is 5.41. The minimum absolute atomic E-state index is 0. The lowest BCUT2D eigenvalue weighted by Crippen LogP contribution is -2.38. The molecule has 0 amide bonds. The Labute approximate surface area is 189 Å². The zero-order valence-corrected chi connectivity index (χ0v) is 19.2. The van der Waals surface area contributed by atoms with Crippen molar-refractivity contribution < 1.29 is 4.74 Å². The maximum absolute atomic E-state index is 5.41. The molecule has 0 aliphatic heterocycles. The Bertz CT molecular complexity index is 895. The number of para-hydroxylation sites is 2. The highest BCUT2D eigenvalue weighted by Crippen LogP contribution is 2.17. The molecule has 1 aromatic heterocycles. The number of hydrogen-bond acceptors (Lipinski definition) is 3. The van der Waals surface area contributed by atoms with Crippen molar-refractivity contribution in [2.45, 2.75) is 19.9 Å². The predicted molar refractivity (Wildman–Crippen MR) is 128 cm³/mol. The molecule has 3 aromatic rings. The van der Waals surface area contributed by atoms with Gasteiger partial charge < -0.3 is 15.4 Å². The summed E-state index contributed by atoms with van der Waals surface area (Å²) in [6.45, 7) is 4.15. The van der Waals surface area contributed by atoms with Gasteiger partial charge in [-0.3, -0.25) is 0 Å². The lowest BCUT2D eigenvalue weighted by atomic mass is 10.1. The fraction of sp³-hybridized carbons (Fsp3) is 0.273. The first-order chi connectivity index (χ1) is 13.8. The Morgan fingerprint density at radius 2 is 1.79 bits per heavy atom. The minimum Gasteiger partial charge on any atom is -0.496 e. The zero-order valence-electron chi connectivity index (χ0n) is 16.8. The molecular weight excluding hydrogens is 477 g/mol. The van der Waals surface area contributed by atoms with E-state index in [1.54, 1.807) is 7.11 Å². The van der Waals surface area contributed by atoms with E-state index >= 15 is 0 Å². The molecular formula is C22H28IN5O. The van der Waals surface area contributed by atoms with Gasteiger partial charge in [-0.15, -0.1) is 24.0 Å². The van der Waals surface area contributed by atoms with Crippen molar-refractivity contribution >= 4 is 29.9 Å². The summed E-state index contributed by atoms with van der Waals surface area (Å²) >= 11 is 0. The van der Waals surface area contributed by atoms with Gasteiger partial charge in [-0.05, 0) is 43.2 Å². The Kier molecular flexibility index (Phi) is 9.49. The van der Waals surface area contributed by atoms with Gasteiger partial charge in [-0.2, -0.15) is 5.10 Å². The number of benzene rings is 2. The monoisotopic (exact) mass is 505 g/mol. The fourth-order valence-corrected chi connectivity index (χ4v) is 2.90.